The second-order valence-electron chi connectivity index (χ2n) is 7.32. The fourth-order valence-corrected chi connectivity index (χ4v) is 6.00. The normalized spacial score (nSPS) is 19.9. The van der Waals surface area contributed by atoms with Gasteiger partial charge in [0.05, 0.1) is 10.9 Å². The molecule has 7 heteroatoms. The van der Waals surface area contributed by atoms with Gasteiger partial charge in [-0.15, -0.1) is 0 Å². The number of anilines is 1. The lowest BCUT2D eigenvalue weighted by atomic mass is 10.1. The third-order valence-corrected chi connectivity index (χ3v) is 7.98. The molecule has 1 aromatic carbocycles. The lowest BCUT2D eigenvalue weighted by Crippen LogP contribution is -2.47. The first-order valence-electron chi connectivity index (χ1n) is 9.76. The molecule has 2 aliphatic rings. The second kappa shape index (κ2) is 7.94. The number of sulfonamides is 1. The van der Waals surface area contributed by atoms with Crippen molar-refractivity contribution in [3.63, 3.8) is 0 Å². The van der Waals surface area contributed by atoms with Crippen LogP contribution >= 0.6 is 0 Å². The molecule has 0 radical (unpaired) electrons. The number of hydrogen-bond donors (Lipinski definition) is 0. The highest BCUT2D eigenvalue weighted by atomic mass is 32.2. The Kier molecular flexibility index (Phi) is 5.41. The Morgan fingerprint density at radius 2 is 1.59 bits per heavy atom. The Morgan fingerprint density at radius 3 is 2.30 bits per heavy atom. The zero-order valence-electron chi connectivity index (χ0n) is 15.5. The molecule has 1 aromatic heterocycles. The molecule has 144 valence electrons. The third-order valence-electron chi connectivity index (χ3n) is 5.58. The zero-order chi connectivity index (χ0) is 18.7. The summed E-state index contributed by atoms with van der Waals surface area (Å²) in [6.07, 6.45) is 6.02. The van der Waals surface area contributed by atoms with Crippen LogP contribution < -0.4 is 4.90 Å². The molecule has 2 aliphatic heterocycles. The summed E-state index contributed by atoms with van der Waals surface area (Å²) < 4.78 is 27.5. The van der Waals surface area contributed by atoms with Crippen molar-refractivity contribution in [3.05, 3.63) is 42.7 Å². The maximum atomic E-state index is 12.9. The molecule has 6 nitrogen and oxygen atoms in total. The van der Waals surface area contributed by atoms with E-state index in [0.717, 1.165) is 36.3 Å². The van der Waals surface area contributed by atoms with Gasteiger partial charge in [0.25, 0.3) is 0 Å². The number of hydrogen-bond acceptors (Lipinski definition) is 5. The molecule has 0 bridgehead atoms. The number of piperidine rings is 2. The molecule has 0 spiro atoms. The van der Waals surface area contributed by atoms with E-state index in [-0.39, 0.29) is 5.25 Å². The summed E-state index contributed by atoms with van der Waals surface area (Å²) >= 11 is 0. The first-order chi connectivity index (χ1) is 13.1. The van der Waals surface area contributed by atoms with Crippen molar-refractivity contribution < 1.29 is 8.42 Å². The Morgan fingerprint density at radius 1 is 0.889 bits per heavy atom. The van der Waals surface area contributed by atoms with Gasteiger partial charge in [0, 0.05) is 37.8 Å². The minimum absolute atomic E-state index is 0.262. The van der Waals surface area contributed by atoms with Gasteiger partial charge in [0.2, 0.25) is 10.0 Å². The van der Waals surface area contributed by atoms with Gasteiger partial charge in [0.1, 0.15) is 12.1 Å². The van der Waals surface area contributed by atoms with Crippen LogP contribution in [0.15, 0.2) is 42.7 Å². The summed E-state index contributed by atoms with van der Waals surface area (Å²) in [5.74, 6) is 0.873. The van der Waals surface area contributed by atoms with Gasteiger partial charge >= 0.3 is 0 Å². The molecular weight excluding hydrogens is 360 g/mol. The van der Waals surface area contributed by atoms with Crippen LogP contribution in [-0.2, 0) is 10.0 Å². The molecule has 27 heavy (non-hydrogen) atoms. The molecule has 0 aliphatic carbocycles. The minimum Gasteiger partial charge on any atom is -0.356 e. The fourth-order valence-electron chi connectivity index (χ4n) is 4.00. The Bertz CT molecular complexity index is 859. The molecule has 3 heterocycles. The second-order valence-corrected chi connectivity index (χ2v) is 9.53. The van der Waals surface area contributed by atoms with Gasteiger partial charge < -0.3 is 4.90 Å². The van der Waals surface area contributed by atoms with E-state index < -0.39 is 10.0 Å². The van der Waals surface area contributed by atoms with Crippen molar-refractivity contribution in [1.82, 2.24) is 14.3 Å². The summed E-state index contributed by atoms with van der Waals surface area (Å²) in [5.41, 5.74) is 1.95. The van der Waals surface area contributed by atoms with Gasteiger partial charge in [-0.2, -0.15) is 0 Å². The SMILES string of the molecule is O=S(=O)(C1CCN(c2cc(-c3ccccc3)ncn2)CC1)N1CCCCC1. The van der Waals surface area contributed by atoms with E-state index >= 15 is 0 Å². The molecule has 4 rings (SSSR count). The van der Waals surface area contributed by atoms with Crippen LogP contribution in [0.3, 0.4) is 0 Å². The fraction of sp³-hybridized carbons (Fsp3) is 0.500. The van der Waals surface area contributed by atoms with Crippen molar-refractivity contribution in [2.24, 2.45) is 0 Å². The lowest BCUT2D eigenvalue weighted by Gasteiger charge is -2.36. The third kappa shape index (κ3) is 3.99. The average molecular weight is 387 g/mol. The number of aromatic nitrogens is 2. The Balaban J connectivity index is 1.44. The van der Waals surface area contributed by atoms with Crippen LogP contribution in [0.2, 0.25) is 0 Å². The molecule has 2 saturated heterocycles. The van der Waals surface area contributed by atoms with Crippen LogP contribution in [0, 0.1) is 0 Å². The van der Waals surface area contributed by atoms with Gasteiger partial charge in [-0.1, -0.05) is 36.8 Å². The minimum atomic E-state index is -3.17. The van der Waals surface area contributed by atoms with Crippen molar-refractivity contribution in [2.45, 2.75) is 37.4 Å². The van der Waals surface area contributed by atoms with Gasteiger partial charge in [-0.05, 0) is 25.7 Å². The van der Waals surface area contributed by atoms with Crippen LogP contribution in [0.1, 0.15) is 32.1 Å². The topological polar surface area (TPSA) is 66.4 Å². The van der Waals surface area contributed by atoms with Crippen molar-refractivity contribution in [1.29, 1.82) is 0 Å². The molecule has 0 atom stereocenters. The number of rotatable bonds is 4. The van der Waals surface area contributed by atoms with Gasteiger partial charge in [-0.3, -0.25) is 0 Å². The van der Waals surface area contributed by atoms with Gasteiger partial charge in [0.15, 0.2) is 0 Å². The Labute approximate surface area is 161 Å². The van der Waals surface area contributed by atoms with E-state index in [9.17, 15) is 8.42 Å². The zero-order valence-corrected chi connectivity index (χ0v) is 16.3. The average Bonchev–Trinajstić information content (AvgIpc) is 2.75. The van der Waals surface area contributed by atoms with Crippen LogP contribution in [0.4, 0.5) is 5.82 Å². The Hall–Kier alpha value is -1.99. The van der Waals surface area contributed by atoms with Crippen LogP contribution in [-0.4, -0.2) is 54.1 Å². The first kappa shape index (κ1) is 18.4. The molecule has 2 aromatic rings. The number of benzene rings is 1. The maximum absolute atomic E-state index is 12.9. The summed E-state index contributed by atoms with van der Waals surface area (Å²) in [5, 5.41) is -0.262. The van der Waals surface area contributed by atoms with E-state index in [4.69, 9.17) is 0 Å². The summed E-state index contributed by atoms with van der Waals surface area (Å²) in [7, 11) is -3.17. The van der Waals surface area contributed by atoms with Crippen molar-refractivity contribution >= 4 is 15.8 Å². The van der Waals surface area contributed by atoms with E-state index in [0.29, 0.717) is 39.0 Å². The maximum Gasteiger partial charge on any atom is 0.217 e. The van der Waals surface area contributed by atoms with Crippen LogP contribution in [0.25, 0.3) is 11.3 Å². The van der Waals surface area contributed by atoms with E-state index in [1.807, 2.05) is 36.4 Å². The number of nitrogens with zero attached hydrogens (tertiary/aromatic N) is 4. The first-order valence-corrected chi connectivity index (χ1v) is 11.3. The highest BCUT2D eigenvalue weighted by Crippen LogP contribution is 2.27. The summed E-state index contributed by atoms with van der Waals surface area (Å²) in [6.45, 7) is 2.80. The van der Waals surface area contributed by atoms with E-state index in [1.165, 1.54) is 0 Å². The molecule has 0 unspecified atom stereocenters. The van der Waals surface area contributed by atoms with Crippen molar-refractivity contribution in [3.8, 4) is 11.3 Å². The molecule has 2 fully saturated rings. The van der Waals surface area contributed by atoms with Crippen LogP contribution in [0.5, 0.6) is 0 Å². The monoisotopic (exact) mass is 386 g/mol. The highest BCUT2D eigenvalue weighted by Gasteiger charge is 2.35. The van der Waals surface area contributed by atoms with Gasteiger partial charge in [-0.25, -0.2) is 22.7 Å². The molecule has 0 saturated carbocycles. The largest absolute Gasteiger partial charge is 0.356 e. The predicted molar refractivity (Wildman–Crippen MR) is 107 cm³/mol. The summed E-state index contributed by atoms with van der Waals surface area (Å²) in [6, 6.07) is 12.0. The molecule has 0 amide bonds. The standard InChI is InChI=1S/C20H26N4O2S/c25-27(26,24-11-5-2-6-12-24)18-9-13-23(14-10-18)20-15-19(21-16-22-20)17-7-3-1-4-8-17/h1,3-4,7-8,15-16,18H,2,5-6,9-14H2. The van der Waals surface area contributed by atoms with E-state index in [2.05, 4.69) is 14.9 Å². The highest BCUT2D eigenvalue weighted by molar-refractivity contribution is 7.89. The van der Waals surface area contributed by atoms with Crippen molar-refractivity contribution in [2.75, 3.05) is 31.1 Å². The molecule has 0 N–H and O–H groups in total. The smallest absolute Gasteiger partial charge is 0.217 e. The lowest BCUT2D eigenvalue weighted by molar-refractivity contribution is 0.338. The predicted octanol–water partition coefficient (Wildman–Crippen LogP) is 2.93. The summed E-state index contributed by atoms with van der Waals surface area (Å²) in [4.78, 5) is 11.0. The quantitative estimate of drug-likeness (QED) is 0.808. The van der Waals surface area contributed by atoms with E-state index in [1.54, 1.807) is 10.6 Å². The molecular formula is C20H26N4O2S.